The molecule has 4 nitrogen and oxygen atoms in total. The van der Waals surface area contributed by atoms with Gasteiger partial charge >= 0.3 is 0 Å². The van der Waals surface area contributed by atoms with Crippen LogP contribution in [0.4, 0.5) is 0 Å². The first-order chi connectivity index (χ1) is 7.34. The third kappa shape index (κ3) is 2.90. The predicted molar refractivity (Wildman–Crippen MR) is 61.7 cm³/mol. The Morgan fingerprint density at radius 3 is 2.19 bits per heavy atom. The zero-order chi connectivity index (χ0) is 12.3. The van der Waals surface area contributed by atoms with Gasteiger partial charge in [-0.1, -0.05) is 17.7 Å². The molecule has 88 valence electrons. The number of aryl methyl sites for hydroxylation is 1. The van der Waals surface area contributed by atoms with Crippen LogP contribution in [0, 0.1) is 6.92 Å². The van der Waals surface area contributed by atoms with Gasteiger partial charge in [-0.3, -0.25) is 4.79 Å². The number of ketones is 1. The zero-order valence-electron chi connectivity index (χ0n) is 9.60. The van der Waals surface area contributed by atoms with Crippen LogP contribution in [0.3, 0.4) is 0 Å². The van der Waals surface area contributed by atoms with E-state index in [2.05, 4.69) is 0 Å². The first kappa shape index (κ1) is 12.9. The summed E-state index contributed by atoms with van der Waals surface area (Å²) in [6.45, 7) is 3.15. The van der Waals surface area contributed by atoms with Crippen LogP contribution < -0.4 is 0 Å². The molecule has 0 saturated carbocycles. The number of carbonyl (C=O) groups is 1. The first-order valence-corrected chi connectivity index (χ1v) is 6.30. The number of carbonyl (C=O) groups excluding carboxylic acids is 1. The summed E-state index contributed by atoms with van der Waals surface area (Å²) in [6, 6.07) is 6.55. The molecule has 0 saturated heterocycles. The molecule has 16 heavy (non-hydrogen) atoms. The van der Waals surface area contributed by atoms with Crippen LogP contribution in [-0.4, -0.2) is 32.1 Å². The molecular formula is C11H15NO3S. The van der Waals surface area contributed by atoms with E-state index in [9.17, 15) is 13.2 Å². The molecule has 0 atom stereocenters. The number of nitrogens with zero attached hydrogens (tertiary/aromatic N) is 1. The van der Waals surface area contributed by atoms with Gasteiger partial charge in [0.2, 0.25) is 10.0 Å². The van der Waals surface area contributed by atoms with Crippen LogP contribution in [0.15, 0.2) is 29.2 Å². The second-order valence-corrected chi connectivity index (χ2v) is 5.82. The van der Waals surface area contributed by atoms with E-state index in [-0.39, 0.29) is 17.2 Å². The number of benzene rings is 1. The average Bonchev–Trinajstić information content (AvgIpc) is 2.17. The van der Waals surface area contributed by atoms with Crippen LogP contribution in [0.1, 0.15) is 12.5 Å². The molecule has 1 aromatic rings. The molecule has 0 aromatic heterocycles. The summed E-state index contributed by atoms with van der Waals surface area (Å²) in [7, 11) is -2.14. The maximum absolute atomic E-state index is 12.0. The highest BCUT2D eigenvalue weighted by atomic mass is 32.2. The van der Waals surface area contributed by atoms with E-state index in [1.807, 2.05) is 6.92 Å². The van der Waals surface area contributed by atoms with Crippen molar-refractivity contribution in [3.8, 4) is 0 Å². The van der Waals surface area contributed by atoms with Crippen molar-refractivity contribution in [1.29, 1.82) is 0 Å². The fourth-order valence-electron chi connectivity index (χ4n) is 1.29. The zero-order valence-corrected chi connectivity index (χ0v) is 10.4. The summed E-state index contributed by atoms with van der Waals surface area (Å²) in [6.07, 6.45) is 0. The smallest absolute Gasteiger partial charge is 0.243 e. The molecule has 1 aromatic carbocycles. The summed E-state index contributed by atoms with van der Waals surface area (Å²) in [5, 5.41) is 0. The maximum Gasteiger partial charge on any atom is 0.243 e. The normalized spacial score (nSPS) is 11.8. The van der Waals surface area contributed by atoms with Crippen molar-refractivity contribution < 1.29 is 13.2 Å². The van der Waals surface area contributed by atoms with Crippen LogP contribution in [0.5, 0.6) is 0 Å². The molecule has 0 bridgehead atoms. The van der Waals surface area contributed by atoms with Gasteiger partial charge in [-0.15, -0.1) is 0 Å². The Labute approximate surface area is 95.9 Å². The van der Waals surface area contributed by atoms with Crippen molar-refractivity contribution in [3.63, 3.8) is 0 Å². The molecular weight excluding hydrogens is 226 g/mol. The monoisotopic (exact) mass is 241 g/mol. The minimum absolute atomic E-state index is 0.101. The molecule has 0 aliphatic rings. The number of hydrogen-bond acceptors (Lipinski definition) is 3. The third-order valence-corrected chi connectivity index (χ3v) is 3.99. The molecule has 0 radical (unpaired) electrons. The highest BCUT2D eigenvalue weighted by Gasteiger charge is 2.21. The summed E-state index contributed by atoms with van der Waals surface area (Å²) in [5.74, 6) is -0.182. The first-order valence-electron chi connectivity index (χ1n) is 4.86. The van der Waals surface area contributed by atoms with E-state index in [4.69, 9.17) is 0 Å². The standard InChI is InChI=1S/C11H15NO3S/c1-9-4-6-11(7-5-9)16(14,15)12(3)8-10(2)13/h4-7H,8H2,1-3H3. The van der Waals surface area contributed by atoms with Gasteiger partial charge in [0.25, 0.3) is 0 Å². The van der Waals surface area contributed by atoms with Gasteiger partial charge in [0.1, 0.15) is 5.78 Å². The summed E-state index contributed by atoms with van der Waals surface area (Å²) in [4.78, 5) is 11.1. The van der Waals surface area contributed by atoms with Crippen molar-refractivity contribution in [3.05, 3.63) is 29.8 Å². The van der Waals surface area contributed by atoms with E-state index in [0.29, 0.717) is 0 Å². The van der Waals surface area contributed by atoms with E-state index in [0.717, 1.165) is 9.87 Å². The maximum atomic E-state index is 12.0. The van der Waals surface area contributed by atoms with E-state index in [1.54, 1.807) is 24.3 Å². The average molecular weight is 241 g/mol. The second-order valence-electron chi connectivity index (χ2n) is 3.78. The Kier molecular flexibility index (Phi) is 3.83. The molecule has 0 spiro atoms. The molecule has 1 rings (SSSR count). The van der Waals surface area contributed by atoms with Crippen molar-refractivity contribution in [1.82, 2.24) is 4.31 Å². The molecule has 0 fully saturated rings. The summed E-state index contributed by atoms with van der Waals surface area (Å²) >= 11 is 0. The van der Waals surface area contributed by atoms with Crippen LogP contribution in [0.2, 0.25) is 0 Å². The van der Waals surface area contributed by atoms with Crippen molar-refractivity contribution >= 4 is 15.8 Å². The number of hydrogen-bond donors (Lipinski definition) is 0. The van der Waals surface area contributed by atoms with Gasteiger partial charge in [-0.05, 0) is 26.0 Å². The van der Waals surface area contributed by atoms with Crippen LogP contribution >= 0.6 is 0 Å². The number of Topliss-reactive ketones (excluding diaryl/α,β-unsaturated/α-hetero) is 1. The SMILES string of the molecule is CC(=O)CN(C)S(=O)(=O)c1ccc(C)cc1. The Morgan fingerprint density at radius 1 is 1.25 bits per heavy atom. The van der Waals surface area contributed by atoms with Gasteiger partial charge in [0.15, 0.2) is 0 Å². The third-order valence-electron chi connectivity index (χ3n) is 2.17. The van der Waals surface area contributed by atoms with E-state index < -0.39 is 10.0 Å². The minimum Gasteiger partial charge on any atom is -0.299 e. The molecule has 0 aliphatic heterocycles. The van der Waals surface area contributed by atoms with Gasteiger partial charge in [-0.2, -0.15) is 4.31 Å². The van der Waals surface area contributed by atoms with Gasteiger partial charge in [-0.25, -0.2) is 8.42 Å². The van der Waals surface area contributed by atoms with E-state index in [1.165, 1.54) is 14.0 Å². The van der Waals surface area contributed by atoms with Crippen molar-refractivity contribution in [2.45, 2.75) is 18.7 Å². The molecule has 5 heteroatoms. The van der Waals surface area contributed by atoms with Gasteiger partial charge in [0, 0.05) is 7.05 Å². The topological polar surface area (TPSA) is 54.5 Å². The van der Waals surface area contributed by atoms with Crippen LogP contribution in [0.25, 0.3) is 0 Å². The highest BCUT2D eigenvalue weighted by Crippen LogP contribution is 2.14. The fraction of sp³-hybridized carbons (Fsp3) is 0.364. The van der Waals surface area contributed by atoms with Gasteiger partial charge < -0.3 is 0 Å². The number of likely N-dealkylation sites (N-methyl/N-ethyl adjacent to an activating group) is 1. The largest absolute Gasteiger partial charge is 0.299 e. The molecule has 0 aliphatic carbocycles. The Bertz CT molecular complexity index is 476. The van der Waals surface area contributed by atoms with Crippen molar-refractivity contribution in [2.75, 3.05) is 13.6 Å². The Balaban J connectivity index is 3.02. The highest BCUT2D eigenvalue weighted by molar-refractivity contribution is 7.89. The van der Waals surface area contributed by atoms with Crippen LogP contribution in [-0.2, 0) is 14.8 Å². The lowest BCUT2D eigenvalue weighted by molar-refractivity contribution is -0.117. The Morgan fingerprint density at radius 2 is 1.75 bits per heavy atom. The van der Waals surface area contributed by atoms with E-state index >= 15 is 0 Å². The second kappa shape index (κ2) is 4.76. The molecule has 0 heterocycles. The molecule has 0 unspecified atom stereocenters. The lowest BCUT2D eigenvalue weighted by Crippen LogP contribution is -2.31. The number of rotatable bonds is 4. The number of sulfonamides is 1. The molecule has 0 amide bonds. The lowest BCUT2D eigenvalue weighted by atomic mass is 10.2. The fourth-order valence-corrected chi connectivity index (χ4v) is 2.48. The van der Waals surface area contributed by atoms with Crippen molar-refractivity contribution in [2.24, 2.45) is 0 Å². The van der Waals surface area contributed by atoms with Gasteiger partial charge in [0.05, 0.1) is 11.4 Å². The Hall–Kier alpha value is -1.20. The molecule has 0 N–H and O–H groups in total. The lowest BCUT2D eigenvalue weighted by Gasteiger charge is -2.15. The summed E-state index contributed by atoms with van der Waals surface area (Å²) < 4.78 is 25.0. The summed E-state index contributed by atoms with van der Waals surface area (Å²) in [5.41, 5.74) is 0.994. The predicted octanol–water partition coefficient (Wildman–Crippen LogP) is 1.20. The minimum atomic E-state index is -3.54. The quantitative estimate of drug-likeness (QED) is 0.796.